The summed E-state index contributed by atoms with van der Waals surface area (Å²) in [6.07, 6.45) is 14.2. The fraction of sp³-hybridized carbons (Fsp3) is 0.696. The number of aromatic nitrogens is 3. The Morgan fingerprint density at radius 2 is 1.86 bits per heavy atom. The Labute approximate surface area is 173 Å². The molecule has 1 aliphatic carbocycles. The van der Waals surface area contributed by atoms with E-state index in [0.717, 1.165) is 44.3 Å². The molecule has 0 unspecified atom stereocenters. The van der Waals surface area contributed by atoms with Crippen molar-refractivity contribution in [1.29, 1.82) is 0 Å². The molecular formula is C23H35N5O. The molecule has 2 N–H and O–H groups in total. The van der Waals surface area contributed by atoms with Gasteiger partial charge in [0.15, 0.2) is 0 Å². The summed E-state index contributed by atoms with van der Waals surface area (Å²) in [6, 6.07) is 0.638. The van der Waals surface area contributed by atoms with Gasteiger partial charge in [-0.1, -0.05) is 33.1 Å². The molecule has 0 bridgehead atoms. The molecule has 6 nitrogen and oxygen atoms in total. The van der Waals surface area contributed by atoms with E-state index in [9.17, 15) is 4.79 Å². The quantitative estimate of drug-likeness (QED) is 0.757. The minimum Gasteiger partial charge on any atom is -0.351 e. The highest BCUT2D eigenvalue weighted by Gasteiger charge is 2.24. The van der Waals surface area contributed by atoms with Crippen molar-refractivity contribution < 1.29 is 0 Å². The average molecular weight is 398 g/mol. The number of rotatable bonds is 6. The molecule has 158 valence electrons. The van der Waals surface area contributed by atoms with Gasteiger partial charge in [-0.3, -0.25) is 4.79 Å². The second-order valence-electron chi connectivity index (χ2n) is 8.73. The third-order valence-corrected chi connectivity index (χ3v) is 6.87. The van der Waals surface area contributed by atoms with Crippen LogP contribution in [0.25, 0.3) is 10.9 Å². The second-order valence-corrected chi connectivity index (χ2v) is 8.73. The largest absolute Gasteiger partial charge is 0.351 e. The second kappa shape index (κ2) is 9.24. The minimum absolute atomic E-state index is 0.0699. The third kappa shape index (κ3) is 4.32. The topological polar surface area (TPSA) is 71.8 Å². The van der Waals surface area contributed by atoms with Crippen LogP contribution in [0.5, 0.6) is 0 Å². The van der Waals surface area contributed by atoms with Gasteiger partial charge in [0.2, 0.25) is 5.95 Å². The molecule has 1 aliphatic heterocycles. The first-order valence-corrected chi connectivity index (χ1v) is 11.6. The SMILES string of the molecule is CCC(CC)Nc1ncc2c(=O)n(C3CCNCC3)cc(C3CCCCC3)c2n1. The fourth-order valence-electron chi connectivity index (χ4n) is 4.98. The molecule has 2 aromatic rings. The molecule has 0 radical (unpaired) electrons. The summed E-state index contributed by atoms with van der Waals surface area (Å²) < 4.78 is 2.00. The van der Waals surface area contributed by atoms with Gasteiger partial charge >= 0.3 is 0 Å². The van der Waals surface area contributed by atoms with Crippen molar-refractivity contribution >= 4 is 16.9 Å². The van der Waals surface area contributed by atoms with Gasteiger partial charge in [0, 0.05) is 24.5 Å². The van der Waals surface area contributed by atoms with Crippen molar-refractivity contribution in [2.45, 2.75) is 89.6 Å². The summed E-state index contributed by atoms with van der Waals surface area (Å²) in [7, 11) is 0. The van der Waals surface area contributed by atoms with Gasteiger partial charge in [-0.05, 0) is 63.1 Å². The Morgan fingerprint density at radius 1 is 1.14 bits per heavy atom. The van der Waals surface area contributed by atoms with E-state index >= 15 is 0 Å². The van der Waals surface area contributed by atoms with Crippen LogP contribution in [0.3, 0.4) is 0 Å². The van der Waals surface area contributed by atoms with Gasteiger partial charge in [-0.15, -0.1) is 0 Å². The van der Waals surface area contributed by atoms with Crippen LogP contribution in [0.4, 0.5) is 5.95 Å². The predicted octanol–water partition coefficient (Wildman–Crippen LogP) is 4.36. The summed E-state index contributed by atoms with van der Waals surface area (Å²) >= 11 is 0. The highest BCUT2D eigenvalue weighted by Crippen LogP contribution is 2.36. The number of piperidine rings is 1. The lowest BCUT2D eigenvalue weighted by molar-refractivity contribution is 0.359. The standard InChI is InChI=1S/C23H35N5O/c1-3-17(4-2)26-23-25-14-19-21(27-23)20(16-8-6-5-7-9-16)15-28(22(19)29)18-10-12-24-13-11-18/h14-18,24H,3-13H2,1-2H3,(H,25,26,27). The van der Waals surface area contributed by atoms with Crippen LogP contribution in [-0.2, 0) is 0 Å². The van der Waals surface area contributed by atoms with Crippen LogP contribution < -0.4 is 16.2 Å². The van der Waals surface area contributed by atoms with Gasteiger partial charge < -0.3 is 15.2 Å². The maximum Gasteiger partial charge on any atom is 0.261 e. The lowest BCUT2D eigenvalue weighted by Crippen LogP contribution is -2.34. The van der Waals surface area contributed by atoms with E-state index in [1.54, 1.807) is 6.20 Å². The lowest BCUT2D eigenvalue weighted by atomic mass is 9.84. The molecule has 0 atom stereocenters. The van der Waals surface area contributed by atoms with Crippen LogP contribution >= 0.6 is 0 Å². The Balaban J connectivity index is 1.81. The summed E-state index contributed by atoms with van der Waals surface area (Å²) in [5, 5.41) is 7.55. The van der Waals surface area contributed by atoms with Crippen LogP contribution in [0.2, 0.25) is 0 Å². The zero-order valence-corrected chi connectivity index (χ0v) is 17.9. The van der Waals surface area contributed by atoms with E-state index in [0.29, 0.717) is 23.3 Å². The van der Waals surface area contributed by atoms with Gasteiger partial charge in [0.25, 0.3) is 5.56 Å². The highest BCUT2D eigenvalue weighted by atomic mass is 16.1. The van der Waals surface area contributed by atoms with E-state index in [1.807, 2.05) is 4.57 Å². The molecule has 2 fully saturated rings. The fourth-order valence-corrected chi connectivity index (χ4v) is 4.98. The lowest BCUT2D eigenvalue weighted by Gasteiger charge is -2.28. The number of pyridine rings is 1. The maximum absolute atomic E-state index is 13.4. The molecular weight excluding hydrogens is 362 g/mol. The molecule has 6 heteroatoms. The van der Waals surface area contributed by atoms with Crippen molar-refractivity contribution in [2.24, 2.45) is 0 Å². The van der Waals surface area contributed by atoms with Gasteiger partial charge in [0.05, 0.1) is 10.9 Å². The number of fused-ring (bicyclic) bond motifs is 1. The summed E-state index contributed by atoms with van der Waals surface area (Å²) in [5.41, 5.74) is 2.20. The highest BCUT2D eigenvalue weighted by molar-refractivity contribution is 5.81. The van der Waals surface area contributed by atoms with Crippen LogP contribution in [-0.4, -0.2) is 33.7 Å². The van der Waals surface area contributed by atoms with E-state index in [2.05, 4.69) is 35.7 Å². The van der Waals surface area contributed by atoms with Crippen molar-refractivity contribution in [3.05, 3.63) is 28.3 Å². The van der Waals surface area contributed by atoms with Crippen molar-refractivity contribution in [3.8, 4) is 0 Å². The maximum atomic E-state index is 13.4. The molecule has 0 spiro atoms. The molecule has 1 saturated carbocycles. The Hall–Kier alpha value is -1.95. The Bertz CT molecular complexity index is 877. The minimum atomic E-state index is 0.0699. The zero-order valence-electron chi connectivity index (χ0n) is 17.9. The summed E-state index contributed by atoms with van der Waals surface area (Å²) in [5.74, 6) is 1.15. The van der Waals surface area contributed by atoms with Crippen molar-refractivity contribution in [3.63, 3.8) is 0 Å². The number of hydrogen-bond acceptors (Lipinski definition) is 5. The molecule has 4 rings (SSSR count). The molecule has 0 amide bonds. The van der Waals surface area contributed by atoms with Crippen LogP contribution in [0.1, 0.15) is 89.2 Å². The normalized spacial score (nSPS) is 19.1. The zero-order chi connectivity index (χ0) is 20.2. The first-order valence-electron chi connectivity index (χ1n) is 11.6. The smallest absolute Gasteiger partial charge is 0.261 e. The summed E-state index contributed by atoms with van der Waals surface area (Å²) in [6.45, 7) is 6.30. The molecule has 2 aliphatic rings. The third-order valence-electron chi connectivity index (χ3n) is 6.87. The van der Waals surface area contributed by atoms with E-state index in [4.69, 9.17) is 4.98 Å². The molecule has 3 heterocycles. The first kappa shape index (κ1) is 20.3. The monoisotopic (exact) mass is 397 g/mol. The van der Waals surface area contributed by atoms with Crippen LogP contribution in [0.15, 0.2) is 17.2 Å². The Kier molecular flexibility index (Phi) is 6.48. The molecule has 29 heavy (non-hydrogen) atoms. The van der Waals surface area contributed by atoms with E-state index < -0.39 is 0 Å². The number of anilines is 1. The number of nitrogens with zero attached hydrogens (tertiary/aromatic N) is 3. The van der Waals surface area contributed by atoms with Crippen molar-refractivity contribution in [1.82, 2.24) is 19.9 Å². The molecule has 0 aromatic carbocycles. The summed E-state index contributed by atoms with van der Waals surface area (Å²) in [4.78, 5) is 22.8. The predicted molar refractivity (Wildman–Crippen MR) is 119 cm³/mol. The van der Waals surface area contributed by atoms with Gasteiger partial charge in [-0.25, -0.2) is 9.97 Å². The molecule has 1 saturated heterocycles. The van der Waals surface area contributed by atoms with Crippen LogP contribution in [0, 0.1) is 0 Å². The van der Waals surface area contributed by atoms with E-state index in [-0.39, 0.29) is 11.6 Å². The average Bonchev–Trinajstić information content (AvgIpc) is 2.79. The first-order chi connectivity index (χ1) is 14.2. The van der Waals surface area contributed by atoms with Gasteiger partial charge in [0.1, 0.15) is 0 Å². The number of nitrogens with one attached hydrogen (secondary N) is 2. The van der Waals surface area contributed by atoms with Gasteiger partial charge in [-0.2, -0.15) is 0 Å². The Morgan fingerprint density at radius 3 is 2.55 bits per heavy atom. The van der Waals surface area contributed by atoms with E-state index in [1.165, 1.54) is 37.7 Å². The number of hydrogen-bond donors (Lipinski definition) is 2. The van der Waals surface area contributed by atoms with Crippen molar-refractivity contribution in [2.75, 3.05) is 18.4 Å². The molecule has 2 aromatic heterocycles.